The molecule has 0 radical (unpaired) electrons. The van der Waals surface area contributed by atoms with Crippen molar-refractivity contribution < 1.29 is 21.6 Å². The van der Waals surface area contributed by atoms with Crippen molar-refractivity contribution in [2.75, 3.05) is 6.26 Å². The highest BCUT2D eigenvalue weighted by atomic mass is 32.2. The number of rotatable bonds is 2. The van der Waals surface area contributed by atoms with Crippen LogP contribution in [-0.4, -0.2) is 25.6 Å². The average Bonchev–Trinajstić information content (AvgIpc) is 2.32. The molecule has 0 aromatic heterocycles. The van der Waals surface area contributed by atoms with Gasteiger partial charge < -0.3 is 0 Å². The van der Waals surface area contributed by atoms with Crippen molar-refractivity contribution in [1.29, 1.82) is 0 Å². The summed E-state index contributed by atoms with van der Waals surface area (Å²) >= 11 is 0. The molecule has 0 aliphatic heterocycles. The maximum absolute atomic E-state index is 14.4. The van der Waals surface area contributed by atoms with Gasteiger partial charge in [-0.05, 0) is 5.56 Å². The molecule has 0 heterocycles. The summed E-state index contributed by atoms with van der Waals surface area (Å²) in [5.74, 6) is -5.58. The highest BCUT2D eigenvalue weighted by Gasteiger charge is 2.66. The van der Waals surface area contributed by atoms with Crippen molar-refractivity contribution in [3.05, 3.63) is 48.0 Å². The van der Waals surface area contributed by atoms with Gasteiger partial charge in [0.15, 0.2) is 9.84 Å². The van der Waals surface area contributed by atoms with Gasteiger partial charge >= 0.3 is 5.92 Å². The minimum absolute atomic E-state index is 0.189. The fraction of sp³-hybridized carbons (Fsp3) is 0.385. The van der Waals surface area contributed by atoms with E-state index in [1.54, 1.807) is 18.2 Å². The van der Waals surface area contributed by atoms with Gasteiger partial charge in [0, 0.05) is 12.7 Å². The van der Waals surface area contributed by atoms with E-state index in [1.165, 1.54) is 18.2 Å². The molecular formula is C13H13F3O2S. The summed E-state index contributed by atoms with van der Waals surface area (Å²) in [4.78, 5) is 0. The Labute approximate surface area is 109 Å². The standard InChI is InChI=1S/C13H13F3O2S/c1-19(17,18)12(14)9-5-8-11(13(12,15)16)10-6-3-2-4-7-10/h2-8,11H,9H2,1H3. The Hall–Kier alpha value is -1.30. The van der Waals surface area contributed by atoms with Crippen LogP contribution in [-0.2, 0) is 9.84 Å². The molecule has 104 valence electrons. The molecule has 1 aliphatic rings. The molecule has 0 fully saturated rings. The van der Waals surface area contributed by atoms with Crippen LogP contribution in [0.5, 0.6) is 0 Å². The molecule has 0 saturated heterocycles. The van der Waals surface area contributed by atoms with E-state index in [0.29, 0.717) is 6.26 Å². The minimum atomic E-state index is -4.54. The van der Waals surface area contributed by atoms with E-state index >= 15 is 0 Å². The molecule has 0 spiro atoms. The lowest BCUT2D eigenvalue weighted by molar-refractivity contribution is -0.108. The normalized spacial score (nSPS) is 30.2. The van der Waals surface area contributed by atoms with Crippen LogP contribution in [0.1, 0.15) is 17.9 Å². The summed E-state index contributed by atoms with van der Waals surface area (Å²) in [5, 5.41) is -3.56. The molecular weight excluding hydrogens is 277 g/mol. The Kier molecular flexibility index (Phi) is 3.24. The number of hydrogen-bond donors (Lipinski definition) is 0. The fourth-order valence-corrected chi connectivity index (χ4v) is 3.24. The van der Waals surface area contributed by atoms with E-state index in [0.717, 1.165) is 6.08 Å². The van der Waals surface area contributed by atoms with Crippen LogP contribution in [0.2, 0.25) is 0 Å². The monoisotopic (exact) mass is 290 g/mol. The molecule has 2 atom stereocenters. The van der Waals surface area contributed by atoms with Crippen molar-refractivity contribution in [1.82, 2.24) is 0 Å². The van der Waals surface area contributed by atoms with E-state index in [-0.39, 0.29) is 5.56 Å². The summed E-state index contributed by atoms with van der Waals surface area (Å²) in [6.45, 7) is 0. The smallest absolute Gasteiger partial charge is 0.226 e. The van der Waals surface area contributed by atoms with E-state index < -0.39 is 33.1 Å². The molecule has 0 bridgehead atoms. The third kappa shape index (κ3) is 2.08. The van der Waals surface area contributed by atoms with Crippen molar-refractivity contribution in [3.8, 4) is 0 Å². The molecule has 19 heavy (non-hydrogen) atoms. The molecule has 0 saturated carbocycles. The van der Waals surface area contributed by atoms with Crippen molar-refractivity contribution in [2.24, 2.45) is 0 Å². The Morgan fingerprint density at radius 2 is 1.74 bits per heavy atom. The maximum atomic E-state index is 14.4. The van der Waals surface area contributed by atoms with Gasteiger partial charge in [-0.25, -0.2) is 21.6 Å². The zero-order valence-corrected chi connectivity index (χ0v) is 11.0. The summed E-state index contributed by atoms with van der Waals surface area (Å²) in [6, 6.07) is 7.60. The molecule has 0 N–H and O–H groups in total. The summed E-state index contributed by atoms with van der Waals surface area (Å²) in [6.07, 6.45) is 2.00. The SMILES string of the molecule is CS(=O)(=O)C1(F)CC=CC(c2ccccc2)C1(F)F. The highest BCUT2D eigenvalue weighted by molar-refractivity contribution is 7.92. The van der Waals surface area contributed by atoms with Gasteiger partial charge in [-0.2, -0.15) is 0 Å². The number of alkyl halides is 3. The second-order valence-corrected chi connectivity index (χ2v) is 6.84. The Balaban J connectivity index is 2.56. The van der Waals surface area contributed by atoms with Crippen LogP contribution >= 0.6 is 0 Å². The third-order valence-electron chi connectivity index (χ3n) is 3.34. The van der Waals surface area contributed by atoms with Crippen LogP contribution in [0.15, 0.2) is 42.5 Å². The molecule has 2 unspecified atom stereocenters. The van der Waals surface area contributed by atoms with Gasteiger partial charge in [0.1, 0.15) is 0 Å². The number of sulfone groups is 1. The lowest BCUT2D eigenvalue weighted by Gasteiger charge is -2.38. The van der Waals surface area contributed by atoms with E-state index in [4.69, 9.17) is 0 Å². The van der Waals surface area contributed by atoms with Crippen molar-refractivity contribution in [2.45, 2.75) is 23.3 Å². The van der Waals surface area contributed by atoms with Crippen molar-refractivity contribution in [3.63, 3.8) is 0 Å². The number of halogens is 3. The number of allylic oxidation sites excluding steroid dienone is 2. The fourth-order valence-electron chi connectivity index (χ4n) is 2.22. The molecule has 1 aromatic rings. The zero-order valence-electron chi connectivity index (χ0n) is 10.2. The second kappa shape index (κ2) is 4.37. The highest BCUT2D eigenvalue weighted by Crippen LogP contribution is 2.51. The predicted octanol–water partition coefficient (Wildman–Crippen LogP) is 3.08. The number of benzene rings is 1. The lowest BCUT2D eigenvalue weighted by Crippen LogP contribution is -2.54. The summed E-state index contributed by atoms with van der Waals surface area (Å²) in [5.41, 5.74) is 0.189. The van der Waals surface area contributed by atoms with Crippen LogP contribution in [0.3, 0.4) is 0 Å². The van der Waals surface area contributed by atoms with Crippen LogP contribution in [0.4, 0.5) is 13.2 Å². The topological polar surface area (TPSA) is 34.1 Å². The van der Waals surface area contributed by atoms with E-state index in [9.17, 15) is 21.6 Å². The van der Waals surface area contributed by atoms with E-state index in [1.807, 2.05) is 0 Å². The largest absolute Gasteiger partial charge is 0.306 e. The Bertz CT molecular complexity index is 596. The maximum Gasteiger partial charge on any atom is 0.306 e. The van der Waals surface area contributed by atoms with Crippen LogP contribution < -0.4 is 0 Å². The first-order valence-corrected chi connectivity index (χ1v) is 7.57. The zero-order chi connectivity index (χ0) is 14.3. The molecule has 2 rings (SSSR count). The van der Waals surface area contributed by atoms with Gasteiger partial charge in [0.25, 0.3) is 5.00 Å². The molecule has 1 aromatic carbocycles. The minimum Gasteiger partial charge on any atom is -0.226 e. The van der Waals surface area contributed by atoms with Gasteiger partial charge in [-0.15, -0.1) is 0 Å². The molecule has 6 heteroatoms. The molecule has 2 nitrogen and oxygen atoms in total. The van der Waals surface area contributed by atoms with E-state index in [2.05, 4.69) is 0 Å². The quantitative estimate of drug-likeness (QED) is 0.784. The Morgan fingerprint density at radius 3 is 2.26 bits per heavy atom. The molecule has 0 amide bonds. The second-order valence-electron chi connectivity index (χ2n) is 4.64. The predicted molar refractivity (Wildman–Crippen MR) is 66.6 cm³/mol. The van der Waals surface area contributed by atoms with Crippen LogP contribution in [0, 0.1) is 0 Å². The number of hydrogen-bond acceptors (Lipinski definition) is 2. The van der Waals surface area contributed by atoms with Crippen molar-refractivity contribution >= 4 is 9.84 Å². The van der Waals surface area contributed by atoms with Gasteiger partial charge in [-0.1, -0.05) is 42.5 Å². The first-order valence-electron chi connectivity index (χ1n) is 5.68. The van der Waals surface area contributed by atoms with Gasteiger partial charge in [-0.3, -0.25) is 0 Å². The molecule has 1 aliphatic carbocycles. The van der Waals surface area contributed by atoms with Gasteiger partial charge in [0.05, 0.1) is 5.92 Å². The Morgan fingerprint density at radius 1 is 1.16 bits per heavy atom. The summed E-state index contributed by atoms with van der Waals surface area (Å²) in [7, 11) is -4.54. The van der Waals surface area contributed by atoms with Crippen LogP contribution in [0.25, 0.3) is 0 Å². The summed E-state index contributed by atoms with van der Waals surface area (Å²) < 4.78 is 65.8. The lowest BCUT2D eigenvalue weighted by atomic mass is 9.84. The van der Waals surface area contributed by atoms with Gasteiger partial charge in [0.2, 0.25) is 0 Å². The third-order valence-corrected chi connectivity index (χ3v) is 4.96. The first kappa shape index (κ1) is 14.1. The first-order chi connectivity index (χ1) is 8.70. The average molecular weight is 290 g/mol.